The zero-order chi connectivity index (χ0) is 21.3. The SMILES string of the molecule is CN=C(NCCNC(=O)c1ccccc1Cl)NCCc1ccc(C(F)(F)F)cc1.I. The number of amides is 1. The van der Waals surface area contributed by atoms with Crippen molar-refractivity contribution in [1.82, 2.24) is 16.0 Å². The third-order valence-electron chi connectivity index (χ3n) is 4.03. The van der Waals surface area contributed by atoms with E-state index in [1.54, 1.807) is 31.3 Å². The van der Waals surface area contributed by atoms with Gasteiger partial charge in [0.2, 0.25) is 0 Å². The van der Waals surface area contributed by atoms with Crippen LogP contribution in [0.3, 0.4) is 0 Å². The van der Waals surface area contributed by atoms with E-state index in [4.69, 9.17) is 11.6 Å². The van der Waals surface area contributed by atoms with Crippen molar-refractivity contribution in [2.75, 3.05) is 26.7 Å². The predicted octanol–water partition coefficient (Wildman–Crippen LogP) is 4.11. The molecule has 0 aliphatic heterocycles. The standard InChI is InChI=1S/C20H22ClF3N4O.HI/c1-25-19(27-11-10-14-6-8-15(9-7-14)20(22,23)24)28-13-12-26-18(29)16-4-2-3-5-17(16)21;/h2-9H,10-13H2,1H3,(H,26,29)(H2,25,27,28);1H. The van der Waals surface area contributed by atoms with Crippen LogP contribution in [0.5, 0.6) is 0 Å². The Hall–Kier alpha value is -2.01. The molecular formula is C20H23ClF3IN4O. The van der Waals surface area contributed by atoms with Gasteiger partial charge < -0.3 is 16.0 Å². The number of carbonyl (C=O) groups is 1. The maximum Gasteiger partial charge on any atom is 0.416 e. The highest BCUT2D eigenvalue weighted by atomic mass is 127. The first-order valence-electron chi connectivity index (χ1n) is 8.94. The van der Waals surface area contributed by atoms with Gasteiger partial charge in [0, 0.05) is 26.7 Å². The first kappa shape index (κ1) is 26.0. The van der Waals surface area contributed by atoms with Gasteiger partial charge in [0.25, 0.3) is 5.91 Å². The summed E-state index contributed by atoms with van der Waals surface area (Å²) in [4.78, 5) is 16.1. The van der Waals surface area contributed by atoms with Gasteiger partial charge in [-0.15, -0.1) is 24.0 Å². The molecule has 0 fully saturated rings. The van der Waals surface area contributed by atoms with Gasteiger partial charge in [0.15, 0.2) is 5.96 Å². The molecule has 30 heavy (non-hydrogen) atoms. The number of nitrogens with zero attached hydrogens (tertiary/aromatic N) is 1. The number of alkyl halides is 3. The maximum absolute atomic E-state index is 12.6. The summed E-state index contributed by atoms with van der Waals surface area (Å²) in [6.07, 6.45) is -3.79. The molecule has 0 heterocycles. The Bertz CT molecular complexity index is 845. The normalized spacial score (nSPS) is 11.4. The van der Waals surface area contributed by atoms with Gasteiger partial charge in [0.1, 0.15) is 0 Å². The van der Waals surface area contributed by atoms with E-state index in [0.717, 1.165) is 17.7 Å². The van der Waals surface area contributed by atoms with E-state index in [9.17, 15) is 18.0 Å². The fourth-order valence-corrected chi connectivity index (χ4v) is 2.73. The zero-order valence-electron chi connectivity index (χ0n) is 16.2. The lowest BCUT2D eigenvalue weighted by atomic mass is 10.1. The summed E-state index contributed by atoms with van der Waals surface area (Å²) in [7, 11) is 1.61. The topological polar surface area (TPSA) is 65.5 Å². The number of benzene rings is 2. The van der Waals surface area contributed by atoms with E-state index in [0.29, 0.717) is 42.6 Å². The van der Waals surface area contributed by atoms with Gasteiger partial charge in [-0.2, -0.15) is 13.2 Å². The van der Waals surface area contributed by atoms with Gasteiger partial charge in [-0.3, -0.25) is 9.79 Å². The summed E-state index contributed by atoms with van der Waals surface area (Å²) in [5.41, 5.74) is 0.534. The second-order valence-electron chi connectivity index (χ2n) is 6.11. The van der Waals surface area contributed by atoms with Crippen LogP contribution in [0, 0.1) is 0 Å². The van der Waals surface area contributed by atoms with E-state index in [1.807, 2.05) is 0 Å². The Morgan fingerprint density at radius 2 is 1.57 bits per heavy atom. The molecule has 0 saturated carbocycles. The quantitative estimate of drug-likeness (QED) is 0.209. The molecule has 2 aromatic carbocycles. The fourth-order valence-electron chi connectivity index (χ4n) is 2.50. The predicted molar refractivity (Wildman–Crippen MR) is 124 cm³/mol. The first-order chi connectivity index (χ1) is 13.8. The number of nitrogens with one attached hydrogen (secondary N) is 3. The minimum atomic E-state index is -4.33. The van der Waals surface area contributed by atoms with Crippen molar-refractivity contribution in [3.05, 3.63) is 70.2 Å². The van der Waals surface area contributed by atoms with Gasteiger partial charge in [0.05, 0.1) is 16.1 Å². The molecule has 1 amide bonds. The lowest BCUT2D eigenvalue weighted by Crippen LogP contribution is -2.42. The average molecular weight is 555 g/mol. The van der Waals surface area contributed by atoms with Crippen LogP contribution in [-0.4, -0.2) is 38.5 Å². The van der Waals surface area contributed by atoms with Gasteiger partial charge in [-0.25, -0.2) is 0 Å². The smallest absolute Gasteiger partial charge is 0.356 e. The van der Waals surface area contributed by atoms with Crippen LogP contribution >= 0.6 is 35.6 Å². The summed E-state index contributed by atoms with van der Waals surface area (Å²) < 4.78 is 37.7. The second-order valence-corrected chi connectivity index (χ2v) is 6.51. The molecule has 0 aliphatic carbocycles. The number of rotatable bonds is 7. The highest BCUT2D eigenvalue weighted by Crippen LogP contribution is 2.29. The molecule has 0 spiro atoms. The lowest BCUT2D eigenvalue weighted by molar-refractivity contribution is -0.137. The summed E-state index contributed by atoms with van der Waals surface area (Å²) in [6.45, 7) is 1.30. The van der Waals surface area contributed by atoms with Crippen molar-refractivity contribution in [3.8, 4) is 0 Å². The molecule has 2 aromatic rings. The van der Waals surface area contributed by atoms with Crippen LogP contribution in [-0.2, 0) is 12.6 Å². The molecule has 0 aliphatic rings. The fraction of sp³-hybridized carbons (Fsp3) is 0.300. The van der Waals surface area contributed by atoms with E-state index in [-0.39, 0.29) is 29.9 Å². The number of hydrogen-bond acceptors (Lipinski definition) is 2. The van der Waals surface area contributed by atoms with Crippen LogP contribution < -0.4 is 16.0 Å². The van der Waals surface area contributed by atoms with Crippen LogP contribution in [0.4, 0.5) is 13.2 Å². The van der Waals surface area contributed by atoms with Crippen molar-refractivity contribution in [2.24, 2.45) is 4.99 Å². The van der Waals surface area contributed by atoms with Crippen LogP contribution in [0.15, 0.2) is 53.5 Å². The molecule has 0 aromatic heterocycles. The number of halogens is 5. The van der Waals surface area contributed by atoms with Crippen LogP contribution in [0.25, 0.3) is 0 Å². The Kier molecular flexibility index (Phi) is 11.0. The monoisotopic (exact) mass is 554 g/mol. The molecule has 0 radical (unpaired) electrons. The van der Waals surface area contributed by atoms with E-state index in [1.165, 1.54) is 12.1 Å². The second kappa shape index (κ2) is 12.6. The number of carbonyl (C=O) groups excluding carboxylic acids is 1. The number of hydrogen-bond donors (Lipinski definition) is 3. The Balaban J connectivity index is 0.00000450. The zero-order valence-corrected chi connectivity index (χ0v) is 19.3. The lowest BCUT2D eigenvalue weighted by Gasteiger charge is -2.13. The summed E-state index contributed by atoms with van der Waals surface area (Å²) in [5, 5.41) is 9.27. The average Bonchev–Trinajstić information content (AvgIpc) is 2.69. The minimum absolute atomic E-state index is 0. The van der Waals surface area contributed by atoms with Crippen molar-refractivity contribution in [1.29, 1.82) is 0 Å². The van der Waals surface area contributed by atoms with Gasteiger partial charge in [-0.1, -0.05) is 35.9 Å². The number of guanidine groups is 1. The first-order valence-corrected chi connectivity index (χ1v) is 9.32. The van der Waals surface area contributed by atoms with E-state index in [2.05, 4.69) is 20.9 Å². The van der Waals surface area contributed by atoms with Crippen LogP contribution in [0.2, 0.25) is 5.02 Å². The molecule has 0 unspecified atom stereocenters. The van der Waals surface area contributed by atoms with E-state index >= 15 is 0 Å². The van der Waals surface area contributed by atoms with Gasteiger partial charge in [-0.05, 0) is 36.2 Å². The maximum atomic E-state index is 12.6. The van der Waals surface area contributed by atoms with Crippen molar-refractivity contribution in [3.63, 3.8) is 0 Å². The number of aliphatic imine (C=N–C) groups is 1. The minimum Gasteiger partial charge on any atom is -0.356 e. The molecule has 10 heteroatoms. The van der Waals surface area contributed by atoms with E-state index < -0.39 is 11.7 Å². The molecular weight excluding hydrogens is 532 g/mol. The van der Waals surface area contributed by atoms with Gasteiger partial charge >= 0.3 is 6.18 Å². The molecule has 0 atom stereocenters. The van der Waals surface area contributed by atoms with Crippen molar-refractivity contribution in [2.45, 2.75) is 12.6 Å². The molecule has 2 rings (SSSR count). The highest BCUT2D eigenvalue weighted by Gasteiger charge is 2.29. The summed E-state index contributed by atoms with van der Waals surface area (Å²) in [5.74, 6) is 0.270. The van der Waals surface area contributed by atoms with Crippen molar-refractivity contribution >= 4 is 47.4 Å². The van der Waals surface area contributed by atoms with Crippen LogP contribution in [0.1, 0.15) is 21.5 Å². The summed E-state index contributed by atoms with van der Waals surface area (Å²) >= 11 is 5.98. The highest BCUT2D eigenvalue weighted by molar-refractivity contribution is 14.0. The molecule has 0 saturated heterocycles. The Labute approximate surface area is 195 Å². The largest absolute Gasteiger partial charge is 0.416 e. The Morgan fingerprint density at radius 1 is 0.967 bits per heavy atom. The molecule has 164 valence electrons. The third-order valence-corrected chi connectivity index (χ3v) is 4.36. The third kappa shape index (κ3) is 8.39. The van der Waals surface area contributed by atoms with Crippen molar-refractivity contribution < 1.29 is 18.0 Å². The molecule has 3 N–H and O–H groups in total. The Morgan fingerprint density at radius 3 is 2.17 bits per heavy atom. The molecule has 0 bridgehead atoms. The summed E-state index contributed by atoms with van der Waals surface area (Å²) in [6, 6.07) is 11.9. The molecule has 5 nitrogen and oxygen atoms in total.